The maximum Gasteiger partial charge on any atom is 0.201 e. The average Bonchev–Trinajstić information content (AvgIpc) is 3.72. The van der Waals surface area contributed by atoms with Gasteiger partial charge in [0.2, 0.25) is 6.04 Å². The summed E-state index contributed by atoms with van der Waals surface area (Å²) in [5.41, 5.74) is 15.7. The van der Waals surface area contributed by atoms with Gasteiger partial charge in [0.05, 0.1) is 0 Å². The number of pyridine rings is 2. The van der Waals surface area contributed by atoms with Crippen molar-refractivity contribution in [3.05, 3.63) is 376 Å². The molecule has 1 unspecified atom stereocenters. The smallest absolute Gasteiger partial charge is 0.201 e. The molecule has 0 saturated heterocycles. The predicted molar refractivity (Wildman–Crippen MR) is 333 cm³/mol. The fourth-order valence-electron chi connectivity index (χ4n) is 11.7. The molecule has 376 valence electrons. The van der Waals surface area contributed by atoms with Gasteiger partial charge >= 0.3 is 0 Å². The van der Waals surface area contributed by atoms with Gasteiger partial charge < -0.3 is 0 Å². The molecule has 0 aliphatic rings. The molecule has 2 aromatic heterocycles. The number of nitrogens with zero attached hydrogens (tertiary/aromatic N) is 2. The number of aromatic nitrogens is 2. The van der Waals surface area contributed by atoms with Gasteiger partial charge in [0.15, 0.2) is 31.3 Å². The maximum absolute atomic E-state index is 4.01. The molecule has 0 aliphatic carbocycles. The lowest BCUT2D eigenvalue weighted by molar-refractivity contribution is -0.703. The van der Waals surface area contributed by atoms with Crippen LogP contribution in [-0.4, -0.2) is 12.3 Å². The third-order valence-corrected chi connectivity index (χ3v) is 15.4. The number of allylic oxidation sites excluding steroid dienone is 1. The van der Waals surface area contributed by atoms with E-state index in [0.29, 0.717) is 0 Å². The second kappa shape index (κ2) is 25.7. The van der Waals surface area contributed by atoms with Crippen molar-refractivity contribution < 1.29 is 9.13 Å². The van der Waals surface area contributed by atoms with Crippen molar-refractivity contribution in [2.45, 2.75) is 12.6 Å². The minimum absolute atomic E-state index is 0.138. The minimum Gasteiger partial charge on any atom is -0.201 e. The van der Waals surface area contributed by atoms with E-state index in [-0.39, 0.29) is 6.04 Å². The summed E-state index contributed by atoms with van der Waals surface area (Å²) >= 11 is 0. The summed E-state index contributed by atoms with van der Waals surface area (Å²) < 4.78 is 4.38. The topological polar surface area (TPSA) is 7.76 Å². The van der Waals surface area contributed by atoms with Gasteiger partial charge in [-0.1, -0.05) is 310 Å². The van der Waals surface area contributed by atoms with E-state index in [2.05, 4.69) is 356 Å². The van der Waals surface area contributed by atoms with Crippen molar-refractivity contribution in [3.63, 3.8) is 0 Å². The van der Waals surface area contributed by atoms with Crippen molar-refractivity contribution in [2.75, 3.05) is 0 Å². The molecular weight excluding hydrogens is 938 g/mol. The average molecular weight is 1000 g/mol. The Morgan fingerprint density at radius 1 is 0.282 bits per heavy atom. The Bertz CT molecular complexity index is 3160. The number of benzene rings is 10. The minimum atomic E-state index is -1.22. The number of hydrogen-bond acceptors (Lipinski definition) is 0. The molecule has 0 spiro atoms. The van der Waals surface area contributed by atoms with E-state index >= 15 is 0 Å². The van der Waals surface area contributed by atoms with Crippen molar-refractivity contribution in [3.8, 4) is 11.1 Å². The SMILES string of the molecule is C=CC(c1ccccc1)[n+]1ccc(-c2cc[n+](Cc3ccccc3)cc2)cc1.c1ccc([B-](c2ccccc2)(c2ccccc2)c2ccccc2)cc1.c1ccc([B-](c2ccccc2)(c2ccccc2)c2ccccc2)cc1. The first-order chi connectivity index (χ1) is 38.7. The van der Waals surface area contributed by atoms with E-state index < -0.39 is 12.3 Å². The Morgan fingerprint density at radius 2 is 0.513 bits per heavy atom. The van der Waals surface area contributed by atoms with E-state index in [9.17, 15) is 0 Å². The molecule has 0 aliphatic heterocycles. The molecule has 0 radical (unpaired) electrons. The molecule has 0 amide bonds. The first-order valence-electron chi connectivity index (χ1n) is 27.1. The zero-order chi connectivity index (χ0) is 53.1. The van der Waals surface area contributed by atoms with Gasteiger partial charge in [-0.3, -0.25) is 0 Å². The highest BCUT2D eigenvalue weighted by Crippen LogP contribution is 2.19. The number of hydrogen-bond donors (Lipinski definition) is 0. The maximum atomic E-state index is 4.01. The van der Waals surface area contributed by atoms with Gasteiger partial charge in [0.25, 0.3) is 0 Å². The Labute approximate surface area is 462 Å². The van der Waals surface area contributed by atoms with Gasteiger partial charge in [-0.2, -0.15) is 48.3 Å². The molecule has 2 nitrogen and oxygen atoms in total. The largest absolute Gasteiger partial charge is 0.201 e. The molecule has 1 atom stereocenters. The normalized spacial score (nSPS) is 11.4. The molecule has 78 heavy (non-hydrogen) atoms. The fraction of sp³-hybridized carbons (Fsp3) is 0.0270. The van der Waals surface area contributed by atoms with Gasteiger partial charge in [-0.15, -0.1) is 0 Å². The fourth-order valence-corrected chi connectivity index (χ4v) is 11.7. The van der Waals surface area contributed by atoms with Crippen LogP contribution in [0.4, 0.5) is 0 Å². The van der Waals surface area contributed by atoms with Crippen LogP contribution in [0.3, 0.4) is 0 Å². The van der Waals surface area contributed by atoms with Crippen LogP contribution >= 0.6 is 0 Å². The van der Waals surface area contributed by atoms with Gasteiger partial charge in [0, 0.05) is 35.4 Å². The van der Waals surface area contributed by atoms with Crippen LogP contribution in [0.5, 0.6) is 0 Å². The van der Waals surface area contributed by atoms with E-state index in [4.69, 9.17) is 0 Å². The Balaban J connectivity index is 0.000000133. The van der Waals surface area contributed by atoms with Crippen LogP contribution in [0.2, 0.25) is 0 Å². The molecule has 4 heteroatoms. The standard InChI is InChI=1S/C26H24N2.2C24H20B/c1-2-26(25-11-7-4-8-12-25)28-19-15-24(16-20-28)23-13-17-27(18-14-23)21-22-9-5-3-6-10-22;2*1-5-13-21(14-6-1)25(22-15-7-2-8-16-22,23-17-9-3-10-18-23)24-19-11-4-12-20-24/h2-20,26H,1,21H2;2*1-20H/q+2;2*-1. The molecule has 0 N–H and O–H groups in total. The lowest BCUT2D eigenvalue weighted by atomic mass is 9.13. The summed E-state index contributed by atoms with van der Waals surface area (Å²) in [6.07, 6.45) is 8.07. The zero-order valence-corrected chi connectivity index (χ0v) is 44.1. The van der Waals surface area contributed by atoms with E-state index in [0.717, 1.165) is 6.54 Å². The second-order valence-electron chi connectivity index (χ2n) is 19.9. The van der Waals surface area contributed by atoms with Gasteiger partial charge in [0.1, 0.15) is 12.3 Å². The van der Waals surface area contributed by atoms with Crippen LogP contribution < -0.4 is 52.8 Å². The molecular formula is C74H64B2N2. The summed E-state index contributed by atoms with van der Waals surface area (Å²) in [7, 11) is 0. The Kier molecular flexibility index (Phi) is 17.1. The Morgan fingerprint density at radius 3 is 0.769 bits per heavy atom. The van der Waals surface area contributed by atoms with E-state index in [1.807, 2.05) is 18.2 Å². The summed E-state index contributed by atoms with van der Waals surface area (Å²) in [4.78, 5) is 0. The molecule has 10 aromatic carbocycles. The zero-order valence-electron chi connectivity index (χ0n) is 44.1. The summed E-state index contributed by atoms with van der Waals surface area (Å²) in [5, 5.41) is 0. The molecule has 2 heterocycles. The van der Waals surface area contributed by atoms with E-state index in [1.54, 1.807) is 0 Å². The van der Waals surface area contributed by atoms with Crippen molar-refractivity contribution in [1.29, 1.82) is 0 Å². The monoisotopic (exact) mass is 1000 g/mol. The lowest BCUT2D eigenvalue weighted by Gasteiger charge is -2.44. The molecule has 0 saturated carbocycles. The quantitative estimate of drug-likeness (QED) is 0.0583. The first-order valence-corrected chi connectivity index (χ1v) is 27.1. The molecule has 0 fully saturated rings. The highest BCUT2D eigenvalue weighted by atomic mass is 15.0. The summed E-state index contributed by atoms with van der Waals surface area (Å²) in [6, 6.07) is 117. The molecule has 0 bridgehead atoms. The van der Waals surface area contributed by atoms with E-state index in [1.165, 1.54) is 66.0 Å². The summed E-state index contributed by atoms with van der Waals surface area (Å²) in [6.45, 7) is 4.90. The van der Waals surface area contributed by atoms with Gasteiger partial charge in [-0.25, -0.2) is 4.57 Å². The highest BCUT2D eigenvalue weighted by molar-refractivity contribution is 7.20. The second-order valence-corrected chi connectivity index (χ2v) is 19.9. The third-order valence-electron chi connectivity index (χ3n) is 15.4. The van der Waals surface area contributed by atoms with Crippen molar-refractivity contribution >= 4 is 56.0 Å². The highest BCUT2D eigenvalue weighted by Gasteiger charge is 2.32. The van der Waals surface area contributed by atoms with Crippen LogP contribution in [0.1, 0.15) is 17.2 Å². The van der Waals surface area contributed by atoms with Gasteiger partial charge in [-0.05, 0) is 17.2 Å². The van der Waals surface area contributed by atoms with Crippen molar-refractivity contribution in [1.82, 2.24) is 0 Å². The van der Waals surface area contributed by atoms with Crippen LogP contribution in [0.15, 0.2) is 365 Å². The van der Waals surface area contributed by atoms with Crippen LogP contribution in [0, 0.1) is 0 Å². The first kappa shape index (κ1) is 51.8. The molecule has 12 aromatic rings. The molecule has 12 rings (SSSR count). The lowest BCUT2D eigenvalue weighted by Crippen LogP contribution is -2.74. The summed E-state index contributed by atoms with van der Waals surface area (Å²) in [5.74, 6) is 0. The Hall–Kier alpha value is -9.63. The predicted octanol–water partition coefficient (Wildman–Crippen LogP) is 10.9. The number of rotatable bonds is 14. The third kappa shape index (κ3) is 11.6. The van der Waals surface area contributed by atoms with Crippen LogP contribution in [0.25, 0.3) is 11.1 Å². The van der Waals surface area contributed by atoms with Crippen molar-refractivity contribution in [2.24, 2.45) is 0 Å². The van der Waals surface area contributed by atoms with Crippen LogP contribution in [-0.2, 0) is 6.54 Å².